The third kappa shape index (κ3) is 2.28. The fourth-order valence-electron chi connectivity index (χ4n) is 2.49. The van der Waals surface area contributed by atoms with E-state index in [0.29, 0.717) is 33.4 Å². The molecule has 21 heavy (non-hydrogen) atoms. The molecule has 3 aromatic rings. The van der Waals surface area contributed by atoms with Crippen molar-refractivity contribution in [2.45, 2.75) is 26.5 Å². The van der Waals surface area contributed by atoms with E-state index >= 15 is 0 Å². The van der Waals surface area contributed by atoms with Crippen LogP contribution in [0.2, 0.25) is 0 Å². The molecule has 0 saturated carbocycles. The second-order valence-corrected chi connectivity index (χ2v) is 5.68. The standard InChI is InChI=1S/C15H14BrFN2O2/c1-3-19-13(11(16)7-18-19)14(20)15-8(2)10-6-9(17)4-5-12(10)21-15/h4-7,14,20H,3H2,1-2H3. The highest BCUT2D eigenvalue weighted by molar-refractivity contribution is 9.10. The molecule has 4 nitrogen and oxygen atoms in total. The summed E-state index contributed by atoms with van der Waals surface area (Å²) in [5.41, 5.74) is 1.91. The molecule has 0 aliphatic carbocycles. The maximum Gasteiger partial charge on any atom is 0.154 e. The van der Waals surface area contributed by atoms with Gasteiger partial charge in [-0.15, -0.1) is 0 Å². The first-order valence-electron chi connectivity index (χ1n) is 6.60. The van der Waals surface area contributed by atoms with Gasteiger partial charge in [0.25, 0.3) is 0 Å². The predicted molar refractivity (Wildman–Crippen MR) is 80.6 cm³/mol. The molecule has 3 rings (SSSR count). The summed E-state index contributed by atoms with van der Waals surface area (Å²) in [6.45, 7) is 4.38. The SMILES string of the molecule is CCn1ncc(Br)c1C(O)c1oc2ccc(F)cc2c1C. The van der Waals surface area contributed by atoms with Crippen molar-refractivity contribution in [1.82, 2.24) is 9.78 Å². The number of aliphatic hydroxyl groups excluding tert-OH is 1. The molecule has 0 fully saturated rings. The van der Waals surface area contributed by atoms with E-state index < -0.39 is 6.10 Å². The number of aliphatic hydroxyl groups is 1. The van der Waals surface area contributed by atoms with Crippen LogP contribution in [-0.2, 0) is 6.54 Å². The summed E-state index contributed by atoms with van der Waals surface area (Å²) in [4.78, 5) is 0. The van der Waals surface area contributed by atoms with Crippen LogP contribution in [0.4, 0.5) is 4.39 Å². The van der Waals surface area contributed by atoms with Gasteiger partial charge in [0.15, 0.2) is 6.10 Å². The Balaban J connectivity index is 2.15. The number of hydrogen-bond acceptors (Lipinski definition) is 3. The molecule has 1 unspecified atom stereocenters. The molecule has 2 heterocycles. The van der Waals surface area contributed by atoms with Crippen molar-refractivity contribution in [1.29, 1.82) is 0 Å². The number of aryl methyl sites for hydroxylation is 2. The lowest BCUT2D eigenvalue weighted by atomic mass is 10.1. The van der Waals surface area contributed by atoms with Gasteiger partial charge >= 0.3 is 0 Å². The number of fused-ring (bicyclic) bond motifs is 1. The maximum absolute atomic E-state index is 13.4. The van der Waals surface area contributed by atoms with E-state index in [0.717, 1.165) is 5.56 Å². The van der Waals surface area contributed by atoms with Crippen LogP contribution in [0.1, 0.15) is 30.0 Å². The largest absolute Gasteiger partial charge is 0.458 e. The van der Waals surface area contributed by atoms with Crippen LogP contribution in [0.5, 0.6) is 0 Å². The highest BCUT2D eigenvalue weighted by Gasteiger charge is 2.25. The Bertz CT molecular complexity index is 809. The second kappa shape index (κ2) is 5.27. The summed E-state index contributed by atoms with van der Waals surface area (Å²) in [5, 5.41) is 15.5. The first-order valence-corrected chi connectivity index (χ1v) is 7.40. The van der Waals surface area contributed by atoms with Crippen LogP contribution >= 0.6 is 15.9 Å². The molecule has 0 radical (unpaired) electrons. The normalized spacial score (nSPS) is 13.0. The van der Waals surface area contributed by atoms with Crippen molar-refractivity contribution in [2.24, 2.45) is 0 Å². The summed E-state index contributed by atoms with van der Waals surface area (Å²) < 4.78 is 21.5. The van der Waals surface area contributed by atoms with Gasteiger partial charge in [-0.3, -0.25) is 4.68 Å². The van der Waals surface area contributed by atoms with Gasteiger partial charge in [0.05, 0.1) is 16.4 Å². The first kappa shape index (κ1) is 14.3. The van der Waals surface area contributed by atoms with E-state index in [1.165, 1.54) is 12.1 Å². The monoisotopic (exact) mass is 352 g/mol. The third-order valence-electron chi connectivity index (χ3n) is 3.58. The molecule has 0 aliphatic heterocycles. The zero-order valence-corrected chi connectivity index (χ0v) is 13.2. The average Bonchev–Trinajstić information content (AvgIpc) is 2.99. The van der Waals surface area contributed by atoms with Gasteiger partial charge in [-0.05, 0) is 48.0 Å². The van der Waals surface area contributed by atoms with Crippen molar-refractivity contribution in [3.05, 3.63) is 51.7 Å². The van der Waals surface area contributed by atoms with Crippen LogP contribution in [0.25, 0.3) is 11.0 Å². The molecule has 0 amide bonds. The second-order valence-electron chi connectivity index (χ2n) is 4.83. The fraction of sp³-hybridized carbons (Fsp3) is 0.267. The molecule has 0 aliphatic rings. The summed E-state index contributed by atoms with van der Waals surface area (Å²) in [5.74, 6) is 0.0821. The Morgan fingerprint density at radius 2 is 2.24 bits per heavy atom. The number of furan rings is 1. The minimum Gasteiger partial charge on any atom is -0.458 e. The molecule has 1 N–H and O–H groups in total. The molecule has 0 bridgehead atoms. The lowest BCUT2D eigenvalue weighted by Crippen LogP contribution is -2.09. The van der Waals surface area contributed by atoms with Crippen LogP contribution in [0.3, 0.4) is 0 Å². The zero-order valence-electron chi connectivity index (χ0n) is 11.6. The highest BCUT2D eigenvalue weighted by Crippen LogP contribution is 2.35. The van der Waals surface area contributed by atoms with Crippen molar-refractivity contribution >= 4 is 26.9 Å². The van der Waals surface area contributed by atoms with Crippen molar-refractivity contribution in [3.63, 3.8) is 0 Å². The van der Waals surface area contributed by atoms with E-state index in [1.807, 2.05) is 13.8 Å². The summed E-state index contributed by atoms with van der Waals surface area (Å²) in [6.07, 6.45) is 0.678. The van der Waals surface area contributed by atoms with Gasteiger partial charge < -0.3 is 9.52 Å². The van der Waals surface area contributed by atoms with Gasteiger partial charge in [0.1, 0.15) is 17.2 Å². The summed E-state index contributed by atoms with van der Waals surface area (Å²) >= 11 is 3.39. The number of nitrogens with zero attached hydrogens (tertiary/aromatic N) is 2. The van der Waals surface area contributed by atoms with Crippen molar-refractivity contribution in [3.8, 4) is 0 Å². The molecule has 0 spiro atoms. The first-order chi connectivity index (χ1) is 10.0. The van der Waals surface area contributed by atoms with Crippen LogP contribution in [-0.4, -0.2) is 14.9 Å². The predicted octanol–water partition coefficient (Wildman–Crippen LogP) is 3.94. The molecule has 1 atom stereocenters. The van der Waals surface area contributed by atoms with Gasteiger partial charge in [-0.2, -0.15) is 5.10 Å². The number of rotatable bonds is 3. The van der Waals surface area contributed by atoms with E-state index in [4.69, 9.17) is 4.42 Å². The summed E-state index contributed by atoms with van der Waals surface area (Å²) in [7, 11) is 0. The molecule has 110 valence electrons. The summed E-state index contributed by atoms with van der Waals surface area (Å²) in [6, 6.07) is 4.32. The molecule has 2 aromatic heterocycles. The Hall–Kier alpha value is -1.66. The van der Waals surface area contributed by atoms with Crippen molar-refractivity contribution in [2.75, 3.05) is 0 Å². The van der Waals surface area contributed by atoms with Gasteiger partial charge in [0.2, 0.25) is 0 Å². The van der Waals surface area contributed by atoms with Gasteiger partial charge in [0, 0.05) is 17.5 Å². The number of hydrogen-bond donors (Lipinski definition) is 1. The molecular formula is C15H14BrFN2O2. The quantitative estimate of drug-likeness (QED) is 0.776. The van der Waals surface area contributed by atoms with Crippen LogP contribution in [0, 0.1) is 12.7 Å². The van der Waals surface area contributed by atoms with E-state index in [1.54, 1.807) is 16.9 Å². The van der Waals surface area contributed by atoms with E-state index in [9.17, 15) is 9.50 Å². The Morgan fingerprint density at radius 3 is 2.95 bits per heavy atom. The number of halogens is 2. The van der Waals surface area contributed by atoms with E-state index in [-0.39, 0.29) is 5.82 Å². The average molecular weight is 353 g/mol. The van der Waals surface area contributed by atoms with Crippen LogP contribution < -0.4 is 0 Å². The molecule has 6 heteroatoms. The molecule has 0 saturated heterocycles. The minimum absolute atomic E-state index is 0.327. The van der Waals surface area contributed by atoms with E-state index in [2.05, 4.69) is 21.0 Å². The molecule has 1 aromatic carbocycles. The highest BCUT2D eigenvalue weighted by atomic mass is 79.9. The number of benzene rings is 1. The van der Waals surface area contributed by atoms with Crippen molar-refractivity contribution < 1.29 is 13.9 Å². The van der Waals surface area contributed by atoms with Crippen LogP contribution in [0.15, 0.2) is 33.3 Å². The van der Waals surface area contributed by atoms with Gasteiger partial charge in [-0.1, -0.05) is 0 Å². The molecular weight excluding hydrogens is 339 g/mol. The topological polar surface area (TPSA) is 51.2 Å². The maximum atomic E-state index is 13.4. The lowest BCUT2D eigenvalue weighted by Gasteiger charge is -2.12. The Kier molecular flexibility index (Phi) is 3.59. The zero-order chi connectivity index (χ0) is 15.1. The Morgan fingerprint density at radius 1 is 1.48 bits per heavy atom. The fourth-order valence-corrected chi connectivity index (χ4v) is 3.01. The van der Waals surface area contributed by atoms with Gasteiger partial charge in [-0.25, -0.2) is 4.39 Å². The third-order valence-corrected chi connectivity index (χ3v) is 4.19. The Labute approximate surface area is 129 Å². The minimum atomic E-state index is -0.961. The smallest absolute Gasteiger partial charge is 0.154 e. The lowest BCUT2D eigenvalue weighted by molar-refractivity contribution is 0.179. The number of aromatic nitrogens is 2.